The lowest BCUT2D eigenvalue weighted by Gasteiger charge is -2.08. The smallest absolute Gasteiger partial charge is 0.255 e. The Morgan fingerprint density at radius 2 is 0.594 bits per heavy atom. The molecule has 0 N–H and O–H groups in total. The molecule has 0 saturated carbocycles. The van der Waals surface area contributed by atoms with Crippen molar-refractivity contribution in [3.63, 3.8) is 0 Å². The molecule has 69 heavy (non-hydrogen) atoms. The molecule has 6 nitrogen and oxygen atoms in total. The zero-order valence-electron chi connectivity index (χ0n) is 37.0. The standard InChI is InChI=1S/C54H45Cl6N6.3BrH/c55-49-52(58)64(34-61(49)25-22-43-16-7-13-40-10-1-4-19-46(40)43)31-37-28-38(32-65-35-62(50(56)53(65)59)26-23-44-17-8-14-41-11-2-5-20-47(41)44)30-39(29-37)33-66-36-63(51(57)54(66)60)27-24-45-18-9-15-42-12-3-6-21-48(42)45;;;/h1-21,28-30,34-36H,22-27,31-33H2;3*1H/q+3;;;/p-3. The maximum Gasteiger partial charge on any atom is 0.255 e. The second kappa shape index (κ2) is 23.6. The number of fused-ring (bicyclic) bond motifs is 3. The Labute approximate surface area is 463 Å². The van der Waals surface area contributed by atoms with Crippen LogP contribution in [0.25, 0.3) is 32.3 Å². The predicted octanol–water partition coefficient (Wildman–Crippen LogP) is 4.22. The first-order chi connectivity index (χ1) is 32.2. The van der Waals surface area contributed by atoms with Crippen molar-refractivity contribution in [2.75, 3.05) is 0 Å². The van der Waals surface area contributed by atoms with E-state index in [1.807, 2.05) is 46.4 Å². The normalized spacial score (nSPS) is 11.2. The second-order valence-corrected chi connectivity index (χ2v) is 19.0. The number of benzene rings is 7. The highest BCUT2D eigenvalue weighted by atomic mass is 79.9. The van der Waals surface area contributed by atoms with Gasteiger partial charge in [-0.1, -0.05) is 127 Å². The van der Waals surface area contributed by atoms with Crippen LogP contribution < -0.4 is 64.6 Å². The van der Waals surface area contributed by atoms with E-state index in [1.165, 1.54) is 49.0 Å². The van der Waals surface area contributed by atoms with Gasteiger partial charge in [-0.15, -0.1) is 0 Å². The van der Waals surface area contributed by atoms with Gasteiger partial charge in [-0.25, -0.2) is 27.4 Å². The van der Waals surface area contributed by atoms with Crippen LogP contribution >= 0.6 is 69.6 Å². The molecule has 0 radical (unpaired) electrons. The minimum Gasteiger partial charge on any atom is -1.00 e. The molecule has 10 rings (SSSR count). The maximum atomic E-state index is 7.01. The maximum absolute atomic E-state index is 7.01. The van der Waals surface area contributed by atoms with Crippen molar-refractivity contribution in [3.8, 4) is 0 Å². The van der Waals surface area contributed by atoms with Crippen molar-refractivity contribution in [2.45, 2.75) is 58.5 Å². The van der Waals surface area contributed by atoms with Gasteiger partial charge in [0.15, 0.2) is 0 Å². The SMILES string of the molecule is Clc1c(Cl)[n+](Cc2cc(C[n+]3cn(CCc4cccc5ccccc45)c(Cl)c3Cl)cc(C[n+]3cn(CCc4cccc5ccccc45)c(Cl)c3Cl)c2)cn1CCc1cccc2ccccc12.[Br-].[Br-].[Br-]. The summed E-state index contributed by atoms with van der Waals surface area (Å²) in [5, 5.41) is 10.3. The molecule has 0 spiro atoms. The van der Waals surface area contributed by atoms with Crippen molar-refractivity contribution in [3.05, 3.63) is 229 Å². The van der Waals surface area contributed by atoms with Crippen LogP contribution in [-0.2, 0) is 58.5 Å². The number of imidazole rings is 3. The summed E-state index contributed by atoms with van der Waals surface area (Å²) >= 11 is 41.8. The van der Waals surface area contributed by atoms with E-state index in [1.54, 1.807) is 0 Å². The zero-order chi connectivity index (χ0) is 45.3. The van der Waals surface area contributed by atoms with E-state index in [-0.39, 0.29) is 50.9 Å². The summed E-state index contributed by atoms with van der Waals surface area (Å²) in [5.74, 6) is 0. The van der Waals surface area contributed by atoms with E-state index in [2.05, 4.69) is 146 Å². The van der Waals surface area contributed by atoms with E-state index >= 15 is 0 Å². The summed E-state index contributed by atoms with van der Waals surface area (Å²) in [6.07, 6.45) is 8.42. The van der Waals surface area contributed by atoms with Crippen molar-refractivity contribution < 1.29 is 64.6 Å². The van der Waals surface area contributed by atoms with E-state index < -0.39 is 0 Å². The van der Waals surface area contributed by atoms with E-state index in [4.69, 9.17) is 69.6 Å². The fraction of sp³-hybridized carbons (Fsp3) is 0.167. The Kier molecular flexibility index (Phi) is 18.1. The minimum absolute atomic E-state index is 0. The Hall–Kier alpha value is -3.87. The largest absolute Gasteiger partial charge is 1.00 e. The molecular formula is C54H45Br3Cl6N6. The van der Waals surface area contributed by atoms with Crippen molar-refractivity contribution in [1.29, 1.82) is 0 Å². The van der Waals surface area contributed by atoms with Gasteiger partial charge in [0.05, 0.1) is 19.6 Å². The van der Waals surface area contributed by atoms with Crippen molar-refractivity contribution in [2.24, 2.45) is 0 Å². The first kappa shape index (κ1) is 52.9. The van der Waals surface area contributed by atoms with Crippen LogP contribution in [0.3, 0.4) is 0 Å². The highest BCUT2D eigenvalue weighted by Gasteiger charge is 2.25. The van der Waals surface area contributed by atoms with Crippen LogP contribution in [0.15, 0.2) is 165 Å². The van der Waals surface area contributed by atoms with Crippen LogP contribution in [0.5, 0.6) is 0 Å². The summed E-state index contributed by atoms with van der Waals surface area (Å²) in [4.78, 5) is 0. The average molecular weight is 1230 g/mol. The Balaban J connectivity index is 0.00000234. The molecule has 3 aromatic heterocycles. The van der Waals surface area contributed by atoms with E-state index in [9.17, 15) is 0 Å². The molecule has 10 aromatic rings. The Bertz CT molecular complexity index is 3040. The molecule has 0 aliphatic rings. The van der Waals surface area contributed by atoms with Crippen molar-refractivity contribution in [1.82, 2.24) is 13.7 Å². The molecule has 0 saturated heterocycles. The van der Waals surface area contributed by atoms with Gasteiger partial charge in [0.1, 0.15) is 19.6 Å². The third-order valence-electron chi connectivity index (χ3n) is 12.5. The number of hydrogen-bond acceptors (Lipinski definition) is 0. The Morgan fingerprint density at radius 3 is 0.884 bits per heavy atom. The first-order valence-electron chi connectivity index (χ1n) is 22.0. The minimum atomic E-state index is 0. The molecule has 3 heterocycles. The third kappa shape index (κ3) is 11.6. The lowest BCUT2D eigenvalue weighted by Crippen LogP contribution is -3.00. The van der Waals surface area contributed by atoms with Gasteiger partial charge in [0.2, 0.25) is 19.0 Å². The highest BCUT2D eigenvalue weighted by molar-refractivity contribution is 6.40. The second-order valence-electron chi connectivity index (χ2n) is 16.9. The highest BCUT2D eigenvalue weighted by Crippen LogP contribution is 2.27. The van der Waals surface area contributed by atoms with Gasteiger partial charge in [0.25, 0.3) is 30.9 Å². The summed E-state index contributed by atoms with van der Waals surface area (Å²) in [6, 6.07) is 51.2. The quantitative estimate of drug-likeness (QED) is 0.138. The van der Waals surface area contributed by atoms with Crippen LogP contribution in [0.4, 0.5) is 0 Å². The zero-order valence-corrected chi connectivity index (χ0v) is 46.3. The molecule has 0 amide bonds. The molecule has 0 aliphatic carbocycles. The Morgan fingerprint density at radius 1 is 0.333 bits per heavy atom. The number of aryl methyl sites for hydroxylation is 6. The van der Waals surface area contributed by atoms with Gasteiger partial charge in [-0.05, 0) is 154 Å². The van der Waals surface area contributed by atoms with E-state index in [0.29, 0.717) is 70.2 Å². The first-order valence-corrected chi connectivity index (χ1v) is 24.3. The number of rotatable bonds is 15. The molecule has 0 fully saturated rings. The molecule has 7 aromatic carbocycles. The van der Waals surface area contributed by atoms with Crippen LogP contribution in [0.2, 0.25) is 30.9 Å². The number of nitrogens with zero attached hydrogens (tertiary/aromatic N) is 6. The van der Waals surface area contributed by atoms with Gasteiger partial charge in [-0.3, -0.25) is 0 Å². The molecule has 0 atom stereocenters. The van der Waals surface area contributed by atoms with Crippen molar-refractivity contribution >= 4 is 102 Å². The lowest BCUT2D eigenvalue weighted by atomic mass is 10.0. The fourth-order valence-corrected chi connectivity index (χ4v) is 10.6. The summed E-state index contributed by atoms with van der Waals surface area (Å²) in [6.45, 7) is 3.47. The van der Waals surface area contributed by atoms with Crippen LogP contribution in [-0.4, -0.2) is 13.7 Å². The molecule has 0 unspecified atom stereocenters. The van der Waals surface area contributed by atoms with Gasteiger partial charge >= 0.3 is 0 Å². The van der Waals surface area contributed by atoms with Gasteiger partial charge in [0, 0.05) is 19.3 Å². The summed E-state index contributed by atoms with van der Waals surface area (Å²) in [7, 11) is 0. The molecule has 0 bridgehead atoms. The third-order valence-corrected chi connectivity index (χ3v) is 15.2. The number of halogens is 9. The van der Waals surface area contributed by atoms with Gasteiger partial charge in [-0.2, -0.15) is 0 Å². The predicted molar refractivity (Wildman–Crippen MR) is 271 cm³/mol. The number of hydrogen-bond donors (Lipinski definition) is 0. The average Bonchev–Trinajstić information content (AvgIpc) is 3.88. The number of aromatic nitrogens is 6. The lowest BCUT2D eigenvalue weighted by molar-refractivity contribution is -0.687. The van der Waals surface area contributed by atoms with Crippen LogP contribution in [0.1, 0.15) is 33.4 Å². The molecule has 354 valence electrons. The van der Waals surface area contributed by atoms with Gasteiger partial charge < -0.3 is 50.9 Å². The summed E-state index contributed by atoms with van der Waals surface area (Å²) in [5.41, 5.74) is 6.89. The molecule has 15 heteroatoms. The summed E-state index contributed by atoms with van der Waals surface area (Å²) < 4.78 is 12.1. The van der Waals surface area contributed by atoms with E-state index in [0.717, 1.165) is 36.0 Å². The van der Waals surface area contributed by atoms with Crippen LogP contribution in [0, 0.1) is 0 Å². The molecule has 0 aliphatic heterocycles. The monoisotopic (exact) mass is 1220 g/mol. The fourth-order valence-electron chi connectivity index (χ4n) is 9.28. The molecular weight excluding hydrogens is 1190 g/mol. The topological polar surface area (TPSA) is 26.4 Å².